The molecule has 2 atom stereocenters. The first-order chi connectivity index (χ1) is 23.3. The molecule has 272 valence electrons. The third kappa shape index (κ3) is 10.2. The molecule has 0 radical (unpaired) electrons. The highest BCUT2D eigenvalue weighted by molar-refractivity contribution is 7.89. The number of hydrogen-bond donors (Lipinski definition) is 3. The van der Waals surface area contributed by atoms with Crippen LogP contribution in [0.4, 0.5) is 14.4 Å². The number of aliphatic carboxylic acids is 1. The Morgan fingerprint density at radius 1 is 0.878 bits per heavy atom. The summed E-state index contributed by atoms with van der Waals surface area (Å²) in [5, 5.41) is 14.9. The van der Waals surface area contributed by atoms with Crippen molar-refractivity contribution in [2.45, 2.75) is 56.0 Å². The molecular weight excluding hydrogens is 707 g/mol. The van der Waals surface area contributed by atoms with Crippen molar-refractivity contribution in [1.82, 2.24) is 29.6 Å². The average Bonchev–Trinajstić information content (AvgIpc) is 3.58. The molecule has 0 aromatic heterocycles. The van der Waals surface area contributed by atoms with Gasteiger partial charge < -0.3 is 39.9 Å². The summed E-state index contributed by atoms with van der Waals surface area (Å²) in [5.74, 6) is -1.97. The summed E-state index contributed by atoms with van der Waals surface area (Å²) in [5.41, 5.74) is 0. The Balaban J connectivity index is 1.18. The van der Waals surface area contributed by atoms with Crippen molar-refractivity contribution in [2.75, 3.05) is 65.6 Å². The fraction of sp³-hybridized carbons (Fsp3) is 0.633. The molecule has 3 saturated heterocycles. The number of carbonyl (C=O) groups excluding carboxylic acids is 4. The van der Waals surface area contributed by atoms with E-state index in [1.54, 1.807) is 21.6 Å². The number of halogens is 2. The molecule has 1 aromatic rings. The first-order valence-electron chi connectivity index (χ1n) is 16.2. The van der Waals surface area contributed by atoms with Gasteiger partial charge in [-0.05, 0) is 63.1 Å². The van der Waals surface area contributed by atoms with Gasteiger partial charge in [0, 0.05) is 55.9 Å². The van der Waals surface area contributed by atoms with Gasteiger partial charge in [0.1, 0.15) is 12.1 Å². The molecule has 0 saturated carbocycles. The van der Waals surface area contributed by atoms with Crippen LogP contribution >= 0.6 is 23.2 Å². The highest BCUT2D eigenvalue weighted by atomic mass is 35.5. The van der Waals surface area contributed by atoms with E-state index < -0.39 is 58.7 Å². The number of piperazine rings is 1. The molecule has 3 fully saturated rings. The number of sulfonamides is 1. The topological polar surface area (TPSA) is 195 Å². The molecule has 16 nitrogen and oxygen atoms in total. The maximum atomic E-state index is 13.3. The van der Waals surface area contributed by atoms with Gasteiger partial charge in [-0.2, -0.15) is 4.31 Å². The number of carboxylic acids is 1. The Bertz CT molecular complexity index is 1460. The summed E-state index contributed by atoms with van der Waals surface area (Å²) in [6.45, 7) is 4.17. The number of nitrogens with zero attached hydrogens (tertiary/aromatic N) is 4. The summed E-state index contributed by atoms with van der Waals surface area (Å²) >= 11 is 12.0. The number of rotatable bonds is 11. The number of nitrogens with one attached hydrogen (secondary N) is 2. The van der Waals surface area contributed by atoms with Gasteiger partial charge in [-0.15, -0.1) is 0 Å². The molecule has 19 heteroatoms. The highest BCUT2D eigenvalue weighted by Gasteiger charge is 2.41. The van der Waals surface area contributed by atoms with Crippen LogP contribution in [-0.2, 0) is 29.1 Å². The molecule has 1 aromatic carbocycles. The van der Waals surface area contributed by atoms with Crippen molar-refractivity contribution in [3.63, 3.8) is 0 Å². The molecule has 0 bridgehead atoms. The van der Waals surface area contributed by atoms with E-state index in [-0.39, 0.29) is 47.0 Å². The van der Waals surface area contributed by atoms with E-state index >= 15 is 0 Å². The number of carboxylic acid groups (broad SMARTS) is 1. The van der Waals surface area contributed by atoms with Gasteiger partial charge in [-0.3, -0.25) is 4.79 Å². The van der Waals surface area contributed by atoms with Gasteiger partial charge in [-0.1, -0.05) is 23.2 Å². The van der Waals surface area contributed by atoms with E-state index in [4.69, 9.17) is 32.7 Å². The van der Waals surface area contributed by atoms with Gasteiger partial charge in [0.15, 0.2) is 0 Å². The fourth-order valence-electron chi connectivity index (χ4n) is 5.99. The van der Waals surface area contributed by atoms with Crippen molar-refractivity contribution in [1.29, 1.82) is 0 Å². The molecule has 5 amide bonds. The minimum atomic E-state index is -4.16. The smallest absolute Gasteiger partial charge is 0.409 e. The van der Waals surface area contributed by atoms with Crippen molar-refractivity contribution in [3.8, 4) is 0 Å². The Kier molecular flexibility index (Phi) is 13.6. The lowest BCUT2D eigenvalue weighted by molar-refractivity contribution is -0.142. The molecule has 3 aliphatic rings. The van der Waals surface area contributed by atoms with E-state index in [9.17, 15) is 37.5 Å². The molecule has 3 N–H and O–H groups in total. The van der Waals surface area contributed by atoms with Crippen LogP contribution in [0.2, 0.25) is 10.0 Å². The van der Waals surface area contributed by atoms with Crippen LogP contribution in [0.1, 0.15) is 39.0 Å². The zero-order valence-electron chi connectivity index (χ0n) is 27.1. The zero-order chi connectivity index (χ0) is 35.7. The van der Waals surface area contributed by atoms with Gasteiger partial charge >= 0.3 is 24.2 Å². The first kappa shape index (κ1) is 38.3. The number of urea groups is 1. The second kappa shape index (κ2) is 17.4. The first-order valence-corrected chi connectivity index (χ1v) is 18.4. The number of ether oxygens (including phenoxy) is 2. The summed E-state index contributed by atoms with van der Waals surface area (Å²) in [7, 11) is -4.16. The molecule has 49 heavy (non-hydrogen) atoms. The molecule has 0 spiro atoms. The monoisotopic (exact) mass is 748 g/mol. The molecule has 3 heterocycles. The molecule has 0 unspecified atom stereocenters. The second-order valence-electron chi connectivity index (χ2n) is 12.0. The van der Waals surface area contributed by atoms with E-state index in [1.807, 2.05) is 0 Å². The maximum absolute atomic E-state index is 13.3. The minimum Gasteiger partial charge on any atom is -0.480 e. The van der Waals surface area contributed by atoms with Gasteiger partial charge in [0.25, 0.3) is 0 Å². The van der Waals surface area contributed by atoms with E-state index in [0.29, 0.717) is 65.0 Å². The Labute approximate surface area is 295 Å². The Morgan fingerprint density at radius 2 is 1.47 bits per heavy atom. The van der Waals surface area contributed by atoms with Crippen LogP contribution < -0.4 is 10.6 Å². The average molecular weight is 750 g/mol. The van der Waals surface area contributed by atoms with Gasteiger partial charge in [-0.25, -0.2) is 27.6 Å². The van der Waals surface area contributed by atoms with E-state index in [1.165, 1.54) is 18.2 Å². The predicted molar refractivity (Wildman–Crippen MR) is 177 cm³/mol. The largest absolute Gasteiger partial charge is 0.480 e. The number of benzene rings is 1. The quantitative estimate of drug-likeness (QED) is 0.303. The van der Waals surface area contributed by atoms with E-state index in [0.717, 1.165) is 4.31 Å². The Hall–Kier alpha value is -3.54. The van der Waals surface area contributed by atoms with Crippen LogP contribution in [0.15, 0.2) is 23.1 Å². The SMILES string of the molecule is CCOC(=O)N1CCN(C(=O)OCCC2CCN(C(=O)NC[C@H](NC(=O)[C@@H]3CCCN3S(=O)(=O)c3cc(Cl)cc(Cl)c3)C(=O)O)CC2)CC1. The molecule has 3 aliphatic heterocycles. The lowest BCUT2D eigenvalue weighted by atomic mass is 9.94. The van der Waals surface area contributed by atoms with Crippen LogP contribution in [0.25, 0.3) is 0 Å². The highest BCUT2D eigenvalue weighted by Crippen LogP contribution is 2.30. The van der Waals surface area contributed by atoms with Gasteiger partial charge in [0.2, 0.25) is 15.9 Å². The third-order valence-corrected chi connectivity index (χ3v) is 11.1. The molecule has 0 aliphatic carbocycles. The number of hydrogen-bond acceptors (Lipinski definition) is 9. The lowest BCUT2D eigenvalue weighted by Crippen LogP contribution is -2.55. The summed E-state index contributed by atoms with van der Waals surface area (Å²) in [4.78, 5) is 66.7. The second-order valence-corrected chi connectivity index (χ2v) is 14.7. The van der Waals surface area contributed by atoms with Gasteiger partial charge in [0.05, 0.1) is 24.7 Å². The number of piperidine rings is 1. The standard InChI is InChI=1S/C30H42Cl2N6O10S/c1-2-47-29(43)36-11-13-37(14-12-36)30(44)48-15-7-20-5-9-35(10-6-20)28(42)33-19-24(27(40)41)34-26(39)25-4-3-8-38(25)49(45,46)23-17-21(31)16-22(32)18-23/h16-18,20,24-25H,2-15,19H2,1H3,(H,33,42)(H,34,39)(H,40,41)/t24-,25-/m0/s1. The summed E-state index contributed by atoms with van der Waals surface area (Å²) in [6.07, 6.45) is 1.67. The van der Waals surface area contributed by atoms with Crippen LogP contribution in [0, 0.1) is 5.92 Å². The Morgan fingerprint density at radius 3 is 2.04 bits per heavy atom. The van der Waals surface area contributed by atoms with Crippen LogP contribution in [0.3, 0.4) is 0 Å². The number of carbonyl (C=O) groups is 5. The van der Waals surface area contributed by atoms with Crippen molar-refractivity contribution in [3.05, 3.63) is 28.2 Å². The zero-order valence-corrected chi connectivity index (χ0v) is 29.5. The molecule has 4 rings (SSSR count). The van der Waals surface area contributed by atoms with Crippen LogP contribution in [-0.4, -0.2) is 140 Å². The van der Waals surface area contributed by atoms with Crippen molar-refractivity contribution < 1.29 is 47.0 Å². The summed E-state index contributed by atoms with van der Waals surface area (Å²) < 4.78 is 38.0. The lowest BCUT2D eigenvalue weighted by Gasteiger charge is -2.34. The maximum Gasteiger partial charge on any atom is 0.409 e. The fourth-order valence-corrected chi connectivity index (χ4v) is 8.37. The van der Waals surface area contributed by atoms with E-state index in [2.05, 4.69) is 10.6 Å². The summed E-state index contributed by atoms with van der Waals surface area (Å²) in [6, 6.07) is 0.692. The number of likely N-dealkylation sites (tertiary alicyclic amines) is 1. The predicted octanol–water partition coefficient (Wildman–Crippen LogP) is 2.44. The molecular formula is C30H42Cl2N6O10S. The van der Waals surface area contributed by atoms with Crippen LogP contribution in [0.5, 0.6) is 0 Å². The minimum absolute atomic E-state index is 0.0489. The van der Waals surface area contributed by atoms with Crippen molar-refractivity contribution in [2.24, 2.45) is 5.92 Å². The third-order valence-electron chi connectivity index (χ3n) is 8.74. The normalized spacial score (nSPS) is 19.7. The van der Waals surface area contributed by atoms with Crippen molar-refractivity contribution >= 4 is 63.3 Å². The number of amides is 5.